The van der Waals surface area contributed by atoms with Crippen LogP contribution in [0.15, 0.2) is 6.07 Å². The second-order valence-electron chi connectivity index (χ2n) is 2.25. The molecule has 0 bridgehead atoms. The average Bonchev–Trinajstić information content (AvgIpc) is 2.58. The molecule has 0 saturated carbocycles. The van der Waals surface area contributed by atoms with Crippen LogP contribution in [0.3, 0.4) is 0 Å². The number of hydrogen-bond donors (Lipinski definition) is 1. The molecule has 1 aromatic heterocycles. The Balaban J connectivity index is 2.28. The molecule has 0 spiro atoms. The van der Waals surface area contributed by atoms with Gasteiger partial charge in [0.05, 0.1) is 0 Å². The average molecular weight is 235 g/mol. The molecule has 2 rings (SSSR count). The zero-order valence-electron chi connectivity index (χ0n) is 5.19. The number of aryl methyl sites for hydroxylation is 1. The van der Waals surface area contributed by atoms with E-state index < -0.39 is 0 Å². The van der Waals surface area contributed by atoms with E-state index in [9.17, 15) is 0 Å². The van der Waals surface area contributed by atoms with Crippen LogP contribution in [0.5, 0.6) is 0 Å². The second-order valence-corrected chi connectivity index (χ2v) is 5.52. The number of H-pyrrole nitrogens is 1. The van der Waals surface area contributed by atoms with Crippen LogP contribution in [0, 0.1) is 6.92 Å². The van der Waals surface area contributed by atoms with Crippen molar-refractivity contribution in [3.8, 4) is 0 Å². The summed E-state index contributed by atoms with van der Waals surface area (Å²) in [6.45, 7) is 2.05. The Kier molecular flexibility index (Phi) is 1.25. The summed E-state index contributed by atoms with van der Waals surface area (Å²) in [5.74, 6) is 0. The standard InChI is InChI=1S/C6H8IN2/c1-4-2-6(9-8-4)5-3-7-5/h2,5H,3H2,1H3,(H,8,9)/q-1. The van der Waals surface area contributed by atoms with Gasteiger partial charge in [0, 0.05) is 0 Å². The molecule has 1 fully saturated rings. The molecule has 0 aromatic carbocycles. The molecule has 2 nitrogen and oxygen atoms in total. The topological polar surface area (TPSA) is 28.7 Å². The zero-order valence-corrected chi connectivity index (χ0v) is 7.34. The Bertz CT molecular complexity index is 215. The van der Waals surface area contributed by atoms with Crippen molar-refractivity contribution in [1.82, 2.24) is 10.2 Å². The van der Waals surface area contributed by atoms with Gasteiger partial charge in [-0.05, 0) is 0 Å². The molecule has 1 aliphatic heterocycles. The predicted octanol–water partition coefficient (Wildman–Crippen LogP) is -2.14. The molecule has 3 heteroatoms. The second kappa shape index (κ2) is 1.97. The van der Waals surface area contributed by atoms with Crippen molar-refractivity contribution in [2.75, 3.05) is 4.43 Å². The van der Waals surface area contributed by atoms with Crippen LogP contribution in [-0.4, -0.2) is 14.6 Å². The van der Waals surface area contributed by atoms with Crippen LogP contribution in [0.2, 0.25) is 0 Å². The minimum atomic E-state index is 0.526. The van der Waals surface area contributed by atoms with Crippen LogP contribution in [0.1, 0.15) is 15.3 Å². The van der Waals surface area contributed by atoms with Crippen LogP contribution in [0.4, 0.5) is 0 Å². The number of nitrogens with one attached hydrogen (secondary N) is 1. The summed E-state index contributed by atoms with van der Waals surface area (Å²) < 4.78 is 2.34. The number of halogens is 1. The number of aromatic nitrogens is 2. The molecule has 0 aliphatic carbocycles. The fraction of sp³-hybridized carbons (Fsp3) is 0.500. The summed E-state index contributed by atoms with van der Waals surface area (Å²) in [4.78, 5) is 0. The third-order valence-corrected chi connectivity index (χ3v) is 3.75. The molecule has 0 amide bonds. The van der Waals surface area contributed by atoms with E-state index in [0.29, 0.717) is 21.2 Å². The van der Waals surface area contributed by atoms with Gasteiger partial charge in [-0.3, -0.25) is 0 Å². The van der Waals surface area contributed by atoms with Gasteiger partial charge in [0.1, 0.15) is 0 Å². The molecule has 1 saturated heterocycles. The number of nitrogens with zero attached hydrogens (tertiary/aromatic N) is 1. The molecule has 1 aromatic rings. The van der Waals surface area contributed by atoms with Crippen molar-refractivity contribution in [1.29, 1.82) is 0 Å². The van der Waals surface area contributed by atoms with Gasteiger partial charge in [0.2, 0.25) is 0 Å². The van der Waals surface area contributed by atoms with E-state index in [0.717, 1.165) is 3.92 Å². The van der Waals surface area contributed by atoms with E-state index in [2.05, 4.69) is 23.2 Å². The van der Waals surface area contributed by atoms with Crippen molar-refractivity contribution >= 4 is 0 Å². The monoisotopic (exact) mass is 235 g/mol. The third-order valence-electron chi connectivity index (χ3n) is 1.36. The first kappa shape index (κ1) is 5.70. The Labute approximate surface area is 64.3 Å². The Morgan fingerprint density at radius 3 is 3.11 bits per heavy atom. The molecule has 0 radical (unpaired) electrons. The first-order chi connectivity index (χ1) is 4.36. The molecule has 50 valence electrons. The molecular formula is C6H8IN2-. The maximum absolute atomic E-state index is 4.18. The first-order valence-corrected chi connectivity index (χ1v) is 5.73. The molecule has 1 N–H and O–H groups in total. The van der Waals surface area contributed by atoms with E-state index in [1.54, 1.807) is 0 Å². The van der Waals surface area contributed by atoms with Crippen molar-refractivity contribution in [2.45, 2.75) is 10.8 Å². The van der Waals surface area contributed by atoms with Crippen LogP contribution < -0.4 is 21.2 Å². The summed E-state index contributed by atoms with van der Waals surface area (Å²) >= 11 is 0.526. The van der Waals surface area contributed by atoms with Gasteiger partial charge in [-0.1, -0.05) is 0 Å². The minimum absolute atomic E-state index is 0.526. The number of rotatable bonds is 1. The SMILES string of the molecule is Cc1cc(C2C[I-]2)n[nH]1. The van der Waals surface area contributed by atoms with Gasteiger partial charge in [0.15, 0.2) is 0 Å². The van der Waals surface area contributed by atoms with Crippen molar-refractivity contribution < 1.29 is 21.2 Å². The van der Waals surface area contributed by atoms with Crippen LogP contribution >= 0.6 is 0 Å². The Morgan fingerprint density at radius 1 is 1.89 bits per heavy atom. The fourth-order valence-electron chi connectivity index (χ4n) is 0.802. The number of alkyl halides is 2. The quantitative estimate of drug-likeness (QED) is 0.437. The van der Waals surface area contributed by atoms with Gasteiger partial charge in [-0.25, -0.2) is 0 Å². The molecule has 1 aliphatic rings. The third kappa shape index (κ3) is 1.10. The molecule has 1 atom stereocenters. The van der Waals surface area contributed by atoms with Crippen molar-refractivity contribution in [3.05, 3.63) is 17.5 Å². The van der Waals surface area contributed by atoms with E-state index in [1.807, 2.05) is 0 Å². The summed E-state index contributed by atoms with van der Waals surface area (Å²) in [5, 5.41) is 7.14. The van der Waals surface area contributed by atoms with Crippen LogP contribution in [-0.2, 0) is 0 Å². The van der Waals surface area contributed by atoms with E-state index >= 15 is 0 Å². The zero-order chi connectivity index (χ0) is 6.27. The van der Waals surface area contributed by atoms with Gasteiger partial charge in [0.25, 0.3) is 0 Å². The van der Waals surface area contributed by atoms with Gasteiger partial charge in [-0.15, -0.1) is 0 Å². The van der Waals surface area contributed by atoms with E-state index in [1.165, 1.54) is 15.8 Å². The van der Waals surface area contributed by atoms with Crippen molar-refractivity contribution in [3.63, 3.8) is 0 Å². The van der Waals surface area contributed by atoms with E-state index in [-0.39, 0.29) is 0 Å². The Hall–Kier alpha value is -0.0600. The maximum atomic E-state index is 4.18. The Morgan fingerprint density at radius 2 is 2.67 bits per heavy atom. The molecule has 2 heterocycles. The normalized spacial score (nSPS) is 25.2. The summed E-state index contributed by atoms with van der Waals surface area (Å²) in [6, 6.07) is 2.16. The van der Waals surface area contributed by atoms with Gasteiger partial charge >= 0.3 is 64.1 Å². The predicted molar refractivity (Wildman–Crippen MR) is 30.9 cm³/mol. The summed E-state index contributed by atoms with van der Waals surface area (Å²) in [7, 11) is 0. The first-order valence-electron chi connectivity index (χ1n) is 2.96. The van der Waals surface area contributed by atoms with Crippen molar-refractivity contribution in [2.24, 2.45) is 0 Å². The number of hydrogen-bond acceptors (Lipinski definition) is 1. The summed E-state index contributed by atoms with van der Waals surface area (Å²) in [6.07, 6.45) is 0. The van der Waals surface area contributed by atoms with E-state index in [4.69, 9.17) is 0 Å². The van der Waals surface area contributed by atoms with Gasteiger partial charge < -0.3 is 0 Å². The fourth-order valence-corrected chi connectivity index (χ4v) is 2.28. The molecule has 1 unspecified atom stereocenters. The molecule has 9 heavy (non-hydrogen) atoms. The number of aromatic amines is 1. The van der Waals surface area contributed by atoms with Crippen LogP contribution in [0.25, 0.3) is 0 Å². The summed E-state index contributed by atoms with van der Waals surface area (Å²) in [5.41, 5.74) is 2.50. The van der Waals surface area contributed by atoms with Gasteiger partial charge in [-0.2, -0.15) is 0 Å². The molecular weight excluding hydrogens is 227 g/mol.